The molecule has 18 heavy (non-hydrogen) atoms. The van der Waals surface area contributed by atoms with Crippen molar-refractivity contribution in [2.45, 2.75) is 51.6 Å². The van der Waals surface area contributed by atoms with Gasteiger partial charge in [0.1, 0.15) is 0 Å². The molecule has 3 N–H and O–H groups in total. The maximum absolute atomic E-state index is 12.2. The van der Waals surface area contributed by atoms with Gasteiger partial charge in [-0.3, -0.25) is 4.79 Å². The quantitative estimate of drug-likeness (QED) is 0.883. The molecular weight excluding hydrogens is 244 g/mol. The molecule has 2 rings (SSSR count). The third-order valence-electron chi connectivity index (χ3n) is 3.96. The number of aryl methyl sites for hydroxylation is 1. The van der Waals surface area contributed by atoms with Gasteiger partial charge in [-0.05, 0) is 43.7 Å². The van der Waals surface area contributed by atoms with E-state index in [2.05, 4.69) is 23.7 Å². The first-order chi connectivity index (χ1) is 8.50. The standard InChI is InChI=1S/C14H22N2OS/c1-10-6-8-18-12(10)9-16-13(17)11-5-3-4-7-14(11,2)15/h6,8,11H,3-5,7,9,15H2,1-2H3,(H,16,17). The second-order valence-electron chi connectivity index (χ2n) is 5.55. The normalized spacial score (nSPS) is 28.1. The molecule has 0 aliphatic heterocycles. The third kappa shape index (κ3) is 2.93. The SMILES string of the molecule is Cc1ccsc1CNC(=O)C1CCCCC1(C)N. The van der Waals surface area contributed by atoms with Crippen LogP contribution in [0, 0.1) is 12.8 Å². The summed E-state index contributed by atoms with van der Waals surface area (Å²) in [5, 5.41) is 5.10. The van der Waals surface area contributed by atoms with Crippen LogP contribution in [0.4, 0.5) is 0 Å². The van der Waals surface area contributed by atoms with E-state index in [-0.39, 0.29) is 17.4 Å². The summed E-state index contributed by atoms with van der Waals surface area (Å²) in [6, 6.07) is 2.08. The van der Waals surface area contributed by atoms with Gasteiger partial charge in [0.2, 0.25) is 5.91 Å². The topological polar surface area (TPSA) is 55.1 Å². The lowest BCUT2D eigenvalue weighted by molar-refractivity contribution is -0.128. The van der Waals surface area contributed by atoms with Gasteiger partial charge in [-0.1, -0.05) is 12.8 Å². The van der Waals surface area contributed by atoms with Crippen LogP contribution in [0.1, 0.15) is 43.0 Å². The van der Waals surface area contributed by atoms with Crippen molar-refractivity contribution in [3.8, 4) is 0 Å². The first-order valence-electron chi connectivity index (χ1n) is 6.60. The van der Waals surface area contributed by atoms with Crippen LogP contribution in [-0.2, 0) is 11.3 Å². The van der Waals surface area contributed by atoms with Crippen molar-refractivity contribution in [3.05, 3.63) is 21.9 Å². The first kappa shape index (κ1) is 13.6. The number of carbonyl (C=O) groups excluding carboxylic acids is 1. The molecule has 1 saturated carbocycles. The van der Waals surface area contributed by atoms with E-state index in [0.29, 0.717) is 6.54 Å². The zero-order chi connectivity index (χ0) is 13.2. The molecule has 1 heterocycles. The highest BCUT2D eigenvalue weighted by Gasteiger charge is 2.37. The van der Waals surface area contributed by atoms with Crippen LogP contribution >= 0.6 is 11.3 Å². The number of hydrogen-bond donors (Lipinski definition) is 2. The van der Waals surface area contributed by atoms with E-state index >= 15 is 0 Å². The summed E-state index contributed by atoms with van der Waals surface area (Å²) in [7, 11) is 0. The van der Waals surface area contributed by atoms with E-state index in [1.54, 1.807) is 11.3 Å². The largest absolute Gasteiger partial charge is 0.351 e. The molecule has 1 aliphatic rings. The Morgan fingerprint density at radius 3 is 3.00 bits per heavy atom. The van der Waals surface area contributed by atoms with Crippen molar-refractivity contribution in [2.24, 2.45) is 11.7 Å². The highest BCUT2D eigenvalue weighted by Crippen LogP contribution is 2.31. The van der Waals surface area contributed by atoms with Crippen molar-refractivity contribution in [1.29, 1.82) is 0 Å². The van der Waals surface area contributed by atoms with Gasteiger partial charge in [-0.25, -0.2) is 0 Å². The minimum Gasteiger partial charge on any atom is -0.351 e. The zero-order valence-corrected chi connectivity index (χ0v) is 12.0. The fourth-order valence-electron chi connectivity index (χ4n) is 2.66. The monoisotopic (exact) mass is 266 g/mol. The van der Waals surface area contributed by atoms with E-state index in [1.807, 2.05) is 6.92 Å². The summed E-state index contributed by atoms with van der Waals surface area (Å²) in [6.45, 7) is 4.72. The van der Waals surface area contributed by atoms with Gasteiger partial charge in [0.05, 0.1) is 12.5 Å². The van der Waals surface area contributed by atoms with Crippen LogP contribution in [0.25, 0.3) is 0 Å². The maximum Gasteiger partial charge on any atom is 0.225 e. The molecule has 1 fully saturated rings. The minimum atomic E-state index is -0.340. The van der Waals surface area contributed by atoms with E-state index in [0.717, 1.165) is 25.7 Å². The van der Waals surface area contributed by atoms with Gasteiger partial charge in [-0.15, -0.1) is 11.3 Å². The summed E-state index contributed by atoms with van der Waals surface area (Å²) in [5.41, 5.74) is 7.15. The Labute approximate surface area is 113 Å². The highest BCUT2D eigenvalue weighted by atomic mass is 32.1. The summed E-state index contributed by atoms with van der Waals surface area (Å²) in [6.07, 6.45) is 4.12. The van der Waals surface area contributed by atoms with Crippen LogP contribution in [0.3, 0.4) is 0 Å². The summed E-state index contributed by atoms with van der Waals surface area (Å²) in [5.74, 6) is 0.0824. The molecule has 2 atom stereocenters. The van der Waals surface area contributed by atoms with Crippen LogP contribution < -0.4 is 11.1 Å². The Morgan fingerprint density at radius 2 is 2.39 bits per heavy atom. The number of hydrogen-bond acceptors (Lipinski definition) is 3. The van der Waals surface area contributed by atoms with E-state index in [4.69, 9.17) is 5.73 Å². The summed E-state index contributed by atoms with van der Waals surface area (Å²) in [4.78, 5) is 13.5. The van der Waals surface area contributed by atoms with Crippen molar-refractivity contribution >= 4 is 17.2 Å². The minimum absolute atomic E-state index is 0.0356. The number of nitrogens with two attached hydrogens (primary N) is 1. The van der Waals surface area contributed by atoms with Crippen LogP contribution in [0.15, 0.2) is 11.4 Å². The van der Waals surface area contributed by atoms with Crippen molar-refractivity contribution in [1.82, 2.24) is 5.32 Å². The Bertz CT molecular complexity index is 425. The Morgan fingerprint density at radius 1 is 1.61 bits per heavy atom. The molecule has 4 heteroatoms. The maximum atomic E-state index is 12.2. The average molecular weight is 266 g/mol. The molecule has 1 amide bonds. The fourth-order valence-corrected chi connectivity index (χ4v) is 3.51. The number of nitrogens with one attached hydrogen (secondary N) is 1. The van der Waals surface area contributed by atoms with Gasteiger partial charge >= 0.3 is 0 Å². The van der Waals surface area contributed by atoms with Crippen molar-refractivity contribution in [3.63, 3.8) is 0 Å². The number of amides is 1. The summed E-state index contributed by atoms with van der Waals surface area (Å²) < 4.78 is 0. The molecule has 1 aromatic heterocycles. The Balaban J connectivity index is 1.93. The summed E-state index contributed by atoms with van der Waals surface area (Å²) >= 11 is 1.69. The zero-order valence-electron chi connectivity index (χ0n) is 11.2. The van der Waals surface area contributed by atoms with Gasteiger partial charge in [0, 0.05) is 10.4 Å². The average Bonchev–Trinajstić information content (AvgIpc) is 2.71. The number of thiophene rings is 1. The fraction of sp³-hybridized carbons (Fsp3) is 0.643. The van der Waals surface area contributed by atoms with Gasteiger partial charge in [-0.2, -0.15) is 0 Å². The lowest BCUT2D eigenvalue weighted by Crippen LogP contribution is -2.52. The molecule has 3 nitrogen and oxygen atoms in total. The lowest BCUT2D eigenvalue weighted by atomic mass is 9.74. The van der Waals surface area contributed by atoms with Crippen LogP contribution in [-0.4, -0.2) is 11.4 Å². The molecule has 0 aromatic carbocycles. The predicted molar refractivity (Wildman–Crippen MR) is 75.5 cm³/mol. The first-order valence-corrected chi connectivity index (χ1v) is 7.48. The van der Waals surface area contributed by atoms with E-state index in [1.165, 1.54) is 10.4 Å². The molecule has 1 aromatic rings. The molecule has 1 aliphatic carbocycles. The van der Waals surface area contributed by atoms with Gasteiger partial charge in [0.15, 0.2) is 0 Å². The molecular formula is C14H22N2OS. The smallest absolute Gasteiger partial charge is 0.225 e. The highest BCUT2D eigenvalue weighted by molar-refractivity contribution is 7.10. The molecule has 0 spiro atoms. The Hall–Kier alpha value is -0.870. The molecule has 2 unspecified atom stereocenters. The van der Waals surface area contributed by atoms with Gasteiger partial charge < -0.3 is 11.1 Å². The third-order valence-corrected chi connectivity index (χ3v) is 4.99. The van der Waals surface area contributed by atoms with Crippen molar-refractivity contribution in [2.75, 3.05) is 0 Å². The number of carbonyl (C=O) groups is 1. The number of rotatable bonds is 3. The van der Waals surface area contributed by atoms with Crippen LogP contribution in [0.5, 0.6) is 0 Å². The Kier molecular flexibility index (Phi) is 4.07. The van der Waals surface area contributed by atoms with Gasteiger partial charge in [0.25, 0.3) is 0 Å². The molecule has 100 valence electrons. The molecule has 0 radical (unpaired) electrons. The lowest BCUT2D eigenvalue weighted by Gasteiger charge is -2.37. The predicted octanol–water partition coefficient (Wildman–Crippen LogP) is 2.58. The second kappa shape index (κ2) is 5.41. The van der Waals surface area contributed by atoms with Crippen LogP contribution in [0.2, 0.25) is 0 Å². The molecule has 0 bridgehead atoms. The molecule has 0 saturated heterocycles. The van der Waals surface area contributed by atoms with Crippen molar-refractivity contribution < 1.29 is 4.79 Å². The van der Waals surface area contributed by atoms with E-state index in [9.17, 15) is 4.79 Å². The second-order valence-corrected chi connectivity index (χ2v) is 6.55. The van der Waals surface area contributed by atoms with E-state index < -0.39 is 0 Å².